The van der Waals surface area contributed by atoms with Gasteiger partial charge in [-0.05, 0) is 23.2 Å². The van der Waals surface area contributed by atoms with E-state index in [1.807, 2.05) is 0 Å². The first-order chi connectivity index (χ1) is 8.32. The Hall–Kier alpha value is 0.180. The average molecular weight is 334 g/mol. The molecule has 1 unspecified atom stereocenters. The molecular weight excluding hydrogens is 324 g/mol. The fourth-order valence-corrected chi connectivity index (χ4v) is 2.19. The predicted octanol–water partition coefficient (Wildman–Crippen LogP) is -1.30. The molecule has 19 heavy (non-hydrogen) atoms. The number of halogens is 2. The molecule has 0 radical (unpaired) electrons. The summed E-state index contributed by atoms with van der Waals surface area (Å²) in [5.41, 5.74) is 0. The normalized spacial score (nSPS) is 11.4. The first-order valence-electron chi connectivity index (χ1n) is 4.74. The Kier molecular flexibility index (Phi) is 8.54. The second kappa shape index (κ2) is 8.46. The molecule has 1 rings (SSSR count). The van der Waals surface area contributed by atoms with Crippen molar-refractivity contribution in [2.45, 2.75) is 4.90 Å². The number of carbonyl (C=O) groups excluding carboxylic acids is 1. The average Bonchev–Trinajstić information content (AvgIpc) is 2.26. The third kappa shape index (κ3) is 5.59. The van der Waals surface area contributed by atoms with E-state index in [0.717, 1.165) is 0 Å². The molecule has 1 aromatic rings. The molecule has 1 atom stereocenters. The van der Waals surface area contributed by atoms with E-state index in [4.69, 9.17) is 27.9 Å². The Morgan fingerprint density at radius 2 is 1.84 bits per heavy atom. The molecule has 0 aromatic heterocycles. The molecule has 0 saturated carbocycles. The van der Waals surface area contributed by atoms with Gasteiger partial charge in [0.2, 0.25) is 0 Å². The topological polar surface area (TPSA) is 69.7 Å². The molecular formula is C10H10Cl2NNaO4S. The molecule has 0 N–H and O–H groups in total. The van der Waals surface area contributed by atoms with Crippen molar-refractivity contribution in [2.75, 3.05) is 20.7 Å². The van der Waals surface area contributed by atoms with Gasteiger partial charge in [-0.25, -0.2) is 0 Å². The van der Waals surface area contributed by atoms with Crippen LogP contribution in [-0.4, -0.2) is 40.3 Å². The Balaban J connectivity index is 0.00000324. The van der Waals surface area contributed by atoms with Crippen LogP contribution in [0, 0.1) is 0 Å². The molecule has 1 amide bonds. The van der Waals surface area contributed by atoms with Gasteiger partial charge >= 0.3 is 29.6 Å². The summed E-state index contributed by atoms with van der Waals surface area (Å²) in [4.78, 5) is 12.6. The largest absolute Gasteiger partial charge is 1.00 e. The van der Waals surface area contributed by atoms with E-state index in [-0.39, 0.29) is 62.8 Å². The van der Waals surface area contributed by atoms with Gasteiger partial charge in [-0.15, -0.1) is 0 Å². The number of likely N-dealkylation sites (N-methyl/N-ethyl adjacent to an activating group) is 1. The number of carbonyl (C=O) groups is 1. The van der Waals surface area contributed by atoms with Crippen LogP contribution in [-0.2, 0) is 15.9 Å². The minimum absolute atomic E-state index is 0. The summed E-state index contributed by atoms with van der Waals surface area (Å²) >= 11 is 9.24. The van der Waals surface area contributed by atoms with Gasteiger partial charge in [-0.1, -0.05) is 23.2 Å². The third-order valence-corrected chi connectivity index (χ3v) is 3.19. The quantitative estimate of drug-likeness (QED) is 0.507. The molecule has 0 bridgehead atoms. The number of ether oxygens (including phenoxy) is 1. The van der Waals surface area contributed by atoms with Gasteiger partial charge in [0, 0.05) is 19.0 Å². The van der Waals surface area contributed by atoms with Crippen LogP contribution in [0.25, 0.3) is 0 Å². The predicted molar refractivity (Wildman–Crippen MR) is 67.8 cm³/mol. The van der Waals surface area contributed by atoms with Gasteiger partial charge < -0.3 is 14.2 Å². The van der Waals surface area contributed by atoms with Gasteiger partial charge in [0.15, 0.2) is 12.4 Å². The maximum atomic E-state index is 11.3. The maximum Gasteiger partial charge on any atom is 1.00 e. The first-order valence-corrected chi connectivity index (χ1v) is 6.57. The van der Waals surface area contributed by atoms with Crippen LogP contribution in [0.4, 0.5) is 0 Å². The summed E-state index contributed by atoms with van der Waals surface area (Å²) < 4.78 is 26.7. The summed E-state index contributed by atoms with van der Waals surface area (Å²) in [6, 6.07) is 2.40. The van der Waals surface area contributed by atoms with Crippen molar-refractivity contribution < 1.29 is 47.9 Å². The van der Waals surface area contributed by atoms with Crippen molar-refractivity contribution in [3.05, 3.63) is 22.2 Å². The number of benzene rings is 1. The van der Waals surface area contributed by atoms with Gasteiger partial charge in [-0.2, -0.15) is 0 Å². The summed E-state index contributed by atoms with van der Waals surface area (Å²) in [5, 5.41) is 0.0708. The summed E-state index contributed by atoms with van der Waals surface area (Å²) in [6.07, 6.45) is 0. The van der Waals surface area contributed by atoms with Gasteiger partial charge in [0.1, 0.15) is 0 Å². The third-order valence-electron chi connectivity index (χ3n) is 2.00. The van der Waals surface area contributed by atoms with Crippen molar-refractivity contribution in [2.24, 2.45) is 0 Å². The monoisotopic (exact) mass is 333 g/mol. The second-order valence-electron chi connectivity index (χ2n) is 3.53. The van der Waals surface area contributed by atoms with Crippen LogP contribution in [0.2, 0.25) is 10.0 Å². The van der Waals surface area contributed by atoms with Crippen LogP contribution in [0.1, 0.15) is 0 Å². The van der Waals surface area contributed by atoms with Gasteiger partial charge in [-0.3, -0.25) is 9.00 Å². The zero-order valence-corrected chi connectivity index (χ0v) is 14.9. The zero-order valence-electron chi connectivity index (χ0n) is 10.6. The molecule has 9 heteroatoms. The van der Waals surface area contributed by atoms with Gasteiger partial charge in [0.25, 0.3) is 5.91 Å². The van der Waals surface area contributed by atoms with Crippen LogP contribution >= 0.6 is 23.2 Å². The van der Waals surface area contributed by atoms with Crippen molar-refractivity contribution in [3.8, 4) is 5.75 Å². The molecule has 100 valence electrons. The van der Waals surface area contributed by atoms with Gasteiger partial charge in [0.05, 0.1) is 10.0 Å². The molecule has 1 aromatic carbocycles. The van der Waals surface area contributed by atoms with Crippen molar-refractivity contribution in [3.63, 3.8) is 0 Å². The minimum Gasteiger partial charge on any atom is -0.768 e. The first kappa shape index (κ1) is 19.2. The van der Waals surface area contributed by atoms with Crippen LogP contribution in [0.3, 0.4) is 0 Å². The van der Waals surface area contributed by atoms with E-state index >= 15 is 0 Å². The zero-order chi connectivity index (χ0) is 13.9. The number of rotatable bonds is 4. The van der Waals surface area contributed by atoms with E-state index in [2.05, 4.69) is 0 Å². The van der Waals surface area contributed by atoms with Crippen LogP contribution in [0.5, 0.6) is 5.75 Å². The van der Waals surface area contributed by atoms with E-state index in [9.17, 15) is 13.6 Å². The Labute approximate surface area is 145 Å². The Morgan fingerprint density at radius 1 is 1.37 bits per heavy atom. The molecule has 0 aliphatic rings. The minimum atomic E-state index is -2.43. The summed E-state index contributed by atoms with van der Waals surface area (Å²) in [6.45, 7) is -0.230. The standard InChI is InChI=1S/C10H11Cl2NO4S.Na/c1-13(2)9(14)5-17-10-7(11)3-6(18(15)16)4-8(10)12;/h3-4H,5H2,1-2H3,(H,15,16);/q;+1/p-1. The summed E-state index contributed by atoms with van der Waals surface area (Å²) in [7, 11) is 3.16. The Morgan fingerprint density at radius 3 is 2.21 bits per heavy atom. The number of amides is 1. The number of hydrogen-bond donors (Lipinski definition) is 0. The van der Waals surface area contributed by atoms with E-state index in [1.54, 1.807) is 14.1 Å². The fraction of sp³-hybridized carbons (Fsp3) is 0.300. The molecule has 0 fully saturated rings. The Bertz CT molecular complexity index is 475. The summed E-state index contributed by atoms with van der Waals surface area (Å²) in [5.74, 6) is -0.179. The smallest absolute Gasteiger partial charge is 0.768 e. The molecule has 0 aliphatic carbocycles. The van der Waals surface area contributed by atoms with Crippen molar-refractivity contribution in [1.82, 2.24) is 4.90 Å². The van der Waals surface area contributed by atoms with E-state index < -0.39 is 11.1 Å². The SMILES string of the molecule is CN(C)C(=O)COc1c(Cl)cc(S(=O)[O-])cc1Cl.[Na+]. The van der Waals surface area contributed by atoms with Crippen LogP contribution < -0.4 is 34.3 Å². The molecule has 0 aliphatic heterocycles. The fourth-order valence-electron chi connectivity index (χ4n) is 1.03. The number of nitrogens with zero attached hydrogens (tertiary/aromatic N) is 1. The molecule has 0 spiro atoms. The molecule has 0 saturated heterocycles. The van der Waals surface area contributed by atoms with E-state index in [1.165, 1.54) is 17.0 Å². The van der Waals surface area contributed by atoms with Crippen molar-refractivity contribution in [1.29, 1.82) is 0 Å². The molecule has 0 heterocycles. The maximum absolute atomic E-state index is 11.3. The number of hydrogen-bond acceptors (Lipinski definition) is 4. The van der Waals surface area contributed by atoms with Crippen LogP contribution in [0.15, 0.2) is 17.0 Å². The van der Waals surface area contributed by atoms with Crippen molar-refractivity contribution >= 4 is 40.2 Å². The van der Waals surface area contributed by atoms with E-state index in [0.29, 0.717) is 0 Å². The second-order valence-corrected chi connectivity index (χ2v) is 5.28. The molecule has 5 nitrogen and oxygen atoms in total.